The van der Waals surface area contributed by atoms with Gasteiger partial charge in [0.25, 0.3) is 0 Å². The number of benzene rings is 2. The zero-order valence-corrected chi connectivity index (χ0v) is 13.6. The first kappa shape index (κ1) is 14.2. The lowest BCUT2D eigenvalue weighted by molar-refractivity contribution is 0.417. The Morgan fingerprint density at radius 1 is 1.19 bits per heavy atom. The normalized spacial score (nSPS) is 10.8. The molecule has 0 radical (unpaired) electrons. The smallest absolute Gasteiger partial charge is 0.127 e. The molecule has 0 fully saturated rings. The third-order valence-electron chi connectivity index (χ3n) is 3.31. The Bertz CT molecular complexity index is 813. The molecule has 21 heavy (non-hydrogen) atoms. The molecule has 3 nitrogen and oxygen atoms in total. The van der Waals surface area contributed by atoms with Gasteiger partial charge in [0.2, 0.25) is 0 Å². The molecular formula is C16H12BrClN2O. The summed E-state index contributed by atoms with van der Waals surface area (Å²) in [6, 6.07) is 9.49. The number of hydrogen-bond donors (Lipinski definition) is 1. The van der Waals surface area contributed by atoms with Crippen LogP contribution in [0.25, 0.3) is 21.9 Å². The number of pyridine rings is 1. The molecule has 2 N–H and O–H groups in total. The van der Waals surface area contributed by atoms with Gasteiger partial charge in [-0.05, 0) is 35.7 Å². The standard InChI is InChI=1S/C16H12BrClN2O/c1-21-15-5-9-2-3-20-8-10(9)4-12(15)16-13(17)6-11(18)7-14(16)19/h2-8H,19H2,1H3. The van der Waals surface area contributed by atoms with E-state index in [-0.39, 0.29) is 0 Å². The predicted molar refractivity (Wildman–Crippen MR) is 90.9 cm³/mol. The third kappa shape index (κ3) is 2.57. The van der Waals surface area contributed by atoms with Crippen LogP contribution >= 0.6 is 27.5 Å². The Morgan fingerprint density at radius 2 is 2.00 bits per heavy atom. The van der Waals surface area contributed by atoms with Gasteiger partial charge in [-0.25, -0.2) is 0 Å². The van der Waals surface area contributed by atoms with E-state index >= 15 is 0 Å². The van der Waals surface area contributed by atoms with Gasteiger partial charge in [-0.2, -0.15) is 0 Å². The SMILES string of the molecule is COc1cc2ccncc2cc1-c1c(N)cc(Cl)cc1Br. The molecule has 2 aromatic carbocycles. The maximum Gasteiger partial charge on any atom is 0.127 e. The van der Waals surface area contributed by atoms with E-state index in [2.05, 4.69) is 20.9 Å². The minimum Gasteiger partial charge on any atom is -0.496 e. The molecule has 0 aliphatic rings. The molecule has 5 heteroatoms. The van der Waals surface area contributed by atoms with Crippen molar-refractivity contribution < 1.29 is 4.74 Å². The molecule has 1 heterocycles. The summed E-state index contributed by atoms with van der Waals surface area (Å²) >= 11 is 9.55. The van der Waals surface area contributed by atoms with E-state index in [4.69, 9.17) is 22.1 Å². The monoisotopic (exact) mass is 362 g/mol. The molecule has 0 spiro atoms. The Kier molecular flexibility index (Phi) is 3.74. The number of hydrogen-bond acceptors (Lipinski definition) is 3. The van der Waals surface area contributed by atoms with Crippen LogP contribution in [-0.4, -0.2) is 12.1 Å². The van der Waals surface area contributed by atoms with Crippen LogP contribution < -0.4 is 10.5 Å². The number of ether oxygens (including phenoxy) is 1. The molecule has 0 aliphatic carbocycles. The number of anilines is 1. The number of aromatic nitrogens is 1. The van der Waals surface area contributed by atoms with E-state index < -0.39 is 0 Å². The number of nitrogens with two attached hydrogens (primary N) is 1. The summed E-state index contributed by atoms with van der Waals surface area (Å²) < 4.78 is 6.35. The maximum atomic E-state index is 6.14. The second-order valence-corrected chi connectivity index (χ2v) is 5.92. The van der Waals surface area contributed by atoms with Crippen molar-refractivity contribution in [1.29, 1.82) is 0 Å². The lowest BCUT2D eigenvalue weighted by atomic mass is 9.99. The van der Waals surface area contributed by atoms with Crippen LogP contribution in [-0.2, 0) is 0 Å². The largest absolute Gasteiger partial charge is 0.496 e. The Hall–Kier alpha value is -1.78. The minimum atomic E-state index is 0.588. The van der Waals surface area contributed by atoms with Crippen molar-refractivity contribution in [2.24, 2.45) is 0 Å². The van der Waals surface area contributed by atoms with E-state index in [1.165, 1.54) is 0 Å². The first-order valence-corrected chi connectivity index (χ1v) is 7.44. The van der Waals surface area contributed by atoms with E-state index in [1.54, 1.807) is 19.4 Å². The highest BCUT2D eigenvalue weighted by Crippen LogP contribution is 2.42. The molecular weight excluding hydrogens is 352 g/mol. The average molecular weight is 364 g/mol. The fourth-order valence-corrected chi connectivity index (χ4v) is 3.40. The van der Waals surface area contributed by atoms with Gasteiger partial charge in [-0.1, -0.05) is 27.5 Å². The highest BCUT2D eigenvalue weighted by atomic mass is 79.9. The summed E-state index contributed by atoms with van der Waals surface area (Å²) in [5.74, 6) is 0.753. The molecule has 0 saturated heterocycles. The Balaban J connectivity index is 2.34. The molecule has 106 valence electrons. The molecule has 3 aromatic rings. The number of halogens is 2. The van der Waals surface area contributed by atoms with Crippen molar-refractivity contribution in [3.8, 4) is 16.9 Å². The molecule has 0 amide bonds. The van der Waals surface area contributed by atoms with E-state index in [9.17, 15) is 0 Å². The summed E-state index contributed by atoms with van der Waals surface area (Å²) in [6.45, 7) is 0. The van der Waals surface area contributed by atoms with Gasteiger partial charge in [0.05, 0.1) is 7.11 Å². The van der Waals surface area contributed by atoms with Gasteiger partial charge in [-0.15, -0.1) is 0 Å². The van der Waals surface area contributed by atoms with Crippen molar-refractivity contribution in [2.75, 3.05) is 12.8 Å². The van der Waals surface area contributed by atoms with Crippen molar-refractivity contribution in [1.82, 2.24) is 4.98 Å². The van der Waals surface area contributed by atoms with Gasteiger partial charge in [0.1, 0.15) is 5.75 Å². The maximum absolute atomic E-state index is 6.14. The molecule has 0 bridgehead atoms. The average Bonchev–Trinajstić information content (AvgIpc) is 2.45. The first-order chi connectivity index (χ1) is 10.1. The number of fused-ring (bicyclic) bond motifs is 1. The zero-order chi connectivity index (χ0) is 15.0. The summed E-state index contributed by atoms with van der Waals surface area (Å²) in [7, 11) is 1.64. The summed E-state index contributed by atoms with van der Waals surface area (Å²) in [5.41, 5.74) is 8.49. The summed E-state index contributed by atoms with van der Waals surface area (Å²) in [6.07, 6.45) is 3.58. The Morgan fingerprint density at radius 3 is 2.71 bits per heavy atom. The van der Waals surface area contributed by atoms with Gasteiger partial charge in [0, 0.05) is 44.1 Å². The lowest BCUT2D eigenvalue weighted by Gasteiger charge is -2.14. The molecule has 0 unspecified atom stereocenters. The summed E-state index contributed by atoms with van der Waals surface area (Å²) in [4.78, 5) is 4.16. The minimum absolute atomic E-state index is 0.588. The van der Waals surface area contributed by atoms with Crippen LogP contribution in [0.4, 0.5) is 5.69 Å². The highest BCUT2D eigenvalue weighted by Gasteiger charge is 2.15. The van der Waals surface area contributed by atoms with E-state index in [0.29, 0.717) is 10.7 Å². The lowest BCUT2D eigenvalue weighted by Crippen LogP contribution is -1.95. The quantitative estimate of drug-likeness (QED) is 0.658. The van der Waals surface area contributed by atoms with Crippen molar-refractivity contribution in [3.63, 3.8) is 0 Å². The van der Waals surface area contributed by atoms with Crippen LogP contribution in [0.1, 0.15) is 0 Å². The van der Waals surface area contributed by atoms with Gasteiger partial charge >= 0.3 is 0 Å². The molecule has 3 rings (SSSR count). The first-order valence-electron chi connectivity index (χ1n) is 6.27. The van der Waals surface area contributed by atoms with E-state index in [1.807, 2.05) is 30.5 Å². The van der Waals surface area contributed by atoms with Crippen LogP contribution in [0.5, 0.6) is 5.75 Å². The number of rotatable bonds is 2. The van der Waals surface area contributed by atoms with Crippen molar-refractivity contribution in [2.45, 2.75) is 0 Å². The highest BCUT2D eigenvalue weighted by molar-refractivity contribution is 9.10. The van der Waals surface area contributed by atoms with Crippen molar-refractivity contribution in [3.05, 3.63) is 52.2 Å². The van der Waals surface area contributed by atoms with Gasteiger partial charge < -0.3 is 10.5 Å². The van der Waals surface area contributed by atoms with Gasteiger partial charge in [-0.3, -0.25) is 4.98 Å². The van der Waals surface area contributed by atoms with Crippen LogP contribution in [0.3, 0.4) is 0 Å². The number of nitrogens with zero attached hydrogens (tertiary/aromatic N) is 1. The number of methoxy groups -OCH3 is 1. The van der Waals surface area contributed by atoms with Gasteiger partial charge in [0.15, 0.2) is 0 Å². The second-order valence-electron chi connectivity index (χ2n) is 4.63. The fourth-order valence-electron chi connectivity index (χ4n) is 2.36. The molecule has 0 atom stereocenters. The zero-order valence-electron chi connectivity index (χ0n) is 11.2. The molecule has 0 saturated carbocycles. The molecule has 0 aliphatic heterocycles. The topological polar surface area (TPSA) is 48.1 Å². The van der Waals surface area contributed by atoms with Crippen LogP contribution in [0, 0.1) is 0 Å². The van der Waals surface area contributed by atoms with Crippen molar-refractivity contribution >= 4 is 44.0 Å². The third-order valence-corrected chi connectivity index (χ3v) is 4.16. The summed E-state index contributed by atoms with van der Waals surface area (Å²) in [5, 5.41) is 2.67. The second kappa shape index (κ2) is 5.54. The predicted octanol–water partition coefficient (Wildman–Crippen LogP) is 4.91. The van der Waals surface area contributed by atoms with E-state index in [0.717, 1.165) is 32.1 Å². The Labute approximate surface area is 135 Å². The molecule has 1 aromatic heterocycles. The van der Waals surface area contributed by atoms with Crippen LogP contribution in [0.2, 0.25) is 5.02 Å². The van der Waals surface area contributed by atoms with Crippen LogP contribution in [0.15, 0.2) is 47.2 Å². The number of nitrogen functional groups attached to an aromatic ring is 1. The fraction of sp³-hybridized carbons (Fsp3) is 0.0625.